The van der Waals surface area contributed by atoms with E-state index in [4.69, 9.17) is 4.98 Å². The van der Waals surface area contributed by atoms with Crippen LogP contribution in [-0.2, 0) is 0 Å². The summed E-state index contributed by atoms with van der Waals surface area (Å²) in [4.78, 5) is 7.41. The fraction of sp³-hybridized carbons (Fsp3) is 0.348. The van der Waals surface area contributed by atoms with Crippen LogP contribution in [0.4, 0.5) is 0 Å². The van der Waals surface area contributed by atoms with Crippen LogP contribution in [0.3, 0.4) is 0 Å². The van der Waals surface area contributed by atoms with Crippen LogP contribution in [0, 0.1) is 6.92 Å². The van der Waals surface area contributed by atoms with E-state index in [2.05, 4.69) is 77.8 Å². The van der Waals surface area contributed by atoms with Crippen LogP contribution >= 0.6 is 0 Å². The molecular formula is C23H29N3. The Morgan fingerprint density at radius 1 is 1.12 bits per heavy atom. The summed E-state index contributed by atoms with van der Waals surface area (Å²) >= 11 is 0. The summed E-state index contributed by atoms with van der Waals surface area (Å²) in [5.74, 6) is 0. The number of rotatable bonds is 7. The molecule has 26 heavy (non-hydrogen) atoms. The lowest BCUT2D eigenvalue weighted by Crippen LogP contribution is -2.19. The van der Waals surface area contributed by atoms with E-state index < -0.39 is 0 Å². The highest BCUT2D eigenvalue weighted by Crippen LogP contribution is 2.23. The molecule has 1 aliphatic rings. The molecule has 1 N–H and O–H groups in total. The second-order valence-corrected chi connectivity index (χ2v) is 6.90. The molecule has 0 radical (unpaired) electrons. The first-order chi connectivity index (χ1) is 12.8. The number of likely N-dealkylation sites (tertiary alicyclic amines) is 1. The van der Waals surface area contributed by atoms with E-state index in [1.54, 1.807) is 0 Å². The first-order valence-corrected chi connectivity index (χ1v) is 9.54. The summed E-state index contributed by atoms with van der Waals surface area (Å²) in [5.41, 5.74) is 5.78. The minimum absolute atomic E-state index is 0.849. The number of likely N-dealkylation sites (N-methyl/N-ethyl adjacent to an activating group) is 1. The van der Waals surface area contributed by atoms with E-state index in [-0.39, 0.29) is 0 Å². The molecule has 0 saturated carbocycles. The van der Waals surface area contributed by atoms with Crippen molar-refractivity contribution in [2.45, 2.75) is 19.8 Å². The van der Waals surface area contributed by atoms with E-state index >= 15 is 0 Å². The monoisotopic (exact) mass is 347 g/mol. The number of hydrogen-bond acceptors (Lipinski definition) is 3. The second kappa shape index (κ2) is 9.46. The van der Waals surface area contributed by atoms with Gasteiger partial charge in [-0.2, -0.15) is 0 Å². The molecule has 1 aliphatic heterocycles. The first-order valence-electron chi connectivity index (χ1n) is 9.54. The maximum absolute atomic E-state index is 4.89. The Balaban J connectivity index is 1.90. The quantitative estimate of drug-likeness (QED) is 0.815. The summed E-state index contributed by atoms with van der Waals surface area (Å²) in [5, 5.41) is 3.13. The molecule has 3 rings (SSSR count). The molecule has 0 aliphatic carbocycles. The molecule has 0 amide bonds. The van der Waals surface area contributed by atoms with Crippen LogP contribution in [0.1, 0.15) is 35.4 Å². The standard InChI is InChI=1S/C23H29N3/c1-19-10-12-20(13-11-19)22(14-18-26-16-3-4-17-26)23-9-5-7-21(25-23)8-6-15-24-2/h5-14,24H,3-4,15-18H2,1-2H3/b8-6+,22-14+. The molecule has 2 heterocycles. The van der Waals surface area contributed by atoms with Crippen molar-refractivity contribution in [3.05, 3.63) is 77.1 Å². The number of pyridine rings is 1. The zero-order valence-electron chi connectivity index (χ0n) is 15.9. The van der Waals surface area contributed by atoms with Crippen molar-refractivity contribution >= 4 is 11.6 Å². The van der Waals surface area contributed by atoms with Crippen LogP contribution in [0.15, 0.2) is 54.6 Å². The Kier molecular flexibility index (Phi) is 6.75. The maximum Gasteiger partial charge on any atom is 0.0712 e. The highest BCUT2D eigenvalue weighted by Gasteiger charge is 2.12. The zero-order valence-corrected chi connectivity index (χ0v) is 15.9. The molecule has 136 valence electrons. The van der Waals surface area contributed by atoms with Crippen LogP contribution < -0.4 is 5.32 Å². The minimum atomic E-state index is 0.849. The van der Waals surface area contributed by atoms with E-state index in [1.165, 1.54) is 42.6 Å². The van der Waals surface area contributed by atoms with Crippen molar-refractivity contribution in [3.8, 4) is 0 Å². The molecule has 0 unspecified atom stereocenters. The Hall–Kier alpha value is -2.23. The zero-order chi connectivity index (χ0) is 18.2. The van der Waals surface area contributed by atoms with Crippen molar-refractivity contribution in [1.29, 1.82) is 0 Å². The number of hydrogen-bond donors (Lipinski definition) is 1. The van der Waals surface area contributed by atoms with Gasteiger partial charge in [0, 0.05) is 18.7 Å². The molecule has 1 saturated heterocycles. The summed E-state index contributed by atoms with van der Waals surface area (Å²) in [6.07, 6.45) is 9.16. The molecular weight excluding hydrogens is 318 g/mol. The van der Waals surface area contributed by atoms with Crippen molar-refractivity contribution in [3.63, 3.8) is 0 Å². The molecule has 2 aromatic rings. The van der Waals surface area contributed by atoms with E-state index in [0.29, 0.717) is 0 Å². The predicted molar refractivity (Wildman–Crippen MR) is 111 cm³/mol. The van der Waals surface area contributed by atoms with Crippen molar-refractivity contribution < 1.29 is 0 Å². The third kappa shape index (κ3) is 5.13. The van der Waals surface area contributed by atoms with Gasteiger partial charge >= 0.3 is 0 Å². The average molecular weight is 348 g/mol. The van der Waals surface area contributed by atoms with Crippen molar-refractivity contribution in [2.24, 2.45) is 0 Å². The van der Waals surface area contributed by atoms with Gasteiger partial charge < -0.3 is 5.32 Å². The fourth-order valence-corrected chi connectivity index (χ4v) is 3.28. The van der Waals surface area contributed by atoms with Gasteiger partial charge in [0.15, 0.2) is 0 Å². The highest BCUT2D eigenvalue weighted by molar-refractivity contribution is 5.78. The van der Waals surface area contributed by atoms with Gasteiger partial charge in [-0.3, -0.25) is 4.90 Å². The molecule has 3 nitrogen and oxygen atoms in total. The molecule has 1 fully saturated rings. The van der Waals surface area contributed by atoms with Crippen molar-refractivity contribution in [1.82, 2.24) is 15.2 Å². The number of benzene rings is 1. The van der Waals surface area contributed by atoms with E-state index in [9.17, 15) is 0 Å². The molecule has 1 aromatic carbocycles. The Labute approximate surface area is 157 Å². The Bertz CT molecular complexity index is 753. The van der Waals surface area contributed by atoms with Crippen LogP contribution in [0.2, 0.25) is 0 Å². The van der Waals surface area contributed by atoms with E-state index in [1.807, 2.05) is 7.05 Å². The van der Waals surface area contributed by atoms with Crippen molar-refractivity contribution in [2.75, 3.05) is 33.2 Å². The van der Waals surface area contributed by atoms with Crippen LogP contribution in [-0.4, -0.2) is 43.1 Å². The largest absolute Gasteiger partial charge is 0.316 e. The van der Waals surface area contributed by atoms with Gasteiger partial charge in [-0.1, -0.05) is 48.0 Å². The molecule has 0 bridgehead atoms. The number of nitrogens with one attached hydrogen (secondary N) is 1. The normalized spacial score (nSPS) is 15.8. The predicted octanol–water partition coefficient (Wildman–Crippen LogP) is 4.15. The van der Waals surface area contributed by atoms with Gasteiger partial charge in [0.2, 0.25) is 0 Å². The fourth-order valence-electron chi connectivity index (χ4n) is 3.28. The topological polar surface area (TPSA) is 28.2 Å². The van der Waals surface area contributed by atoms with Gasteiger partial charge in [-0.25, -0.2) is 4.98 Å². The summed E-state index contributed by atoms with van der Waals surface area (Å²) in [7, 11) is 1.95. The van der Waals surface area contributed by atoms with Crippen LogP contribution in [0.25, 0.3) is 11.6 Å². The van der Waals surface area contributed by atoms with Gasteiger partial charge in [-0.15, -0.1) is 0 Å². The lowest BCUT2D eigenvalue weighted by molar-refractivity contribution is 0.377. The minimum Gasteiger partial charge on any atom is -0.316 e. The summed E-state index contributed by atoms with van der Waals surface area (Å²) < 4.78 is 0. The lowest BCUT2D eigenvalue weighted by Gasteiger charge is -2.14. The number of aromatic nitrogens is 1. The number of nitrogens with zero attached hydrogens (tertiary/aromatic N) is 2. The SMILES string of the molecule is CNC/C=C/c1cccc(/C(=C/CN2CCCC2)c2ccc(C)cc2)n1. The Morgan fingerprint density at radius 3 is 2.62 bits per heavy atom. The number of aryl methyl sites for hydroxylation is 1. The van der Waals surface area contributed by atoms with Gasteiger partial charge in [0.1, 0.15) is 0 Å². The Morgan fingerprint density at radius 2 is 1.88 bits per heavy atom. The smallest absolute Gasteiger partial charge is 0.0712 e. The molecule has 0 spiro atoms. The first kappa shape index (κ1) is 18.6. The second-order valence-electron chi connectivity index (χ2n) is 6.90. The van der Waals surface area contributed by atoms with Gasteiger partial charge in [0.05, 0.1) is 11.4 Å². The highest BCUT2D eigenvalue weighted by atomic mass is 15.1. The molecule has 3 heteroatoms. The third-order valence-electron chi connectivity index (χ3n) is 4.77. The summed E-state index contributed by atoms with van der Waals surface area (Å²) in [6, 6.07) is 15.0. The molecule has 1 aromatic heterocycles. The lowest BCUT2D eigenvalue weighted by atomic mass is 10.00. The summed E-state index contributed by atoms with van der Waals surface area (Å²) in [6.45, 7) is 6.38. The molecule has 0 atom stereocenters. The maximum atomic E-state index is 4.89. The van der Waals surface area contributed by atoms with Gasteiger partial charge in [0.25, 0.3) is 0 Å². The van der Waals surface area contributed by atoms with Crippen LogP contribution in [0.5, 0.6) is 0 Å². The van der Waals surface area contributed by atoms with Gasteiger partial charge in [-0.05, 0) is 63.7 Å². The average Bonchev–Trinajstić information content (AvgIpc) is 3.18. The third-order valence-corrected chi connectivity index (χ3v) is 4.77. The van der Waals surface area contributed by atoms with E-state index in [0.717, 1.165) is 24.5 Å².